The molecule has 168 valence electrons. The van der Waals surface area contributed by atoms with E-state index >= 15 is 0 Å². The Morgan fingerprint density at radius 1 is 1.20 bits per heavy atom. The number of fused-ring (bicyclic) bond motifs is 1. The lowest BCUT2D eigenvalue weighted by Crippen LogP contribution is -2.49. The van der Waals surface area contributed by atoms with Gasteiger partial charge in [0.1, 0.15) is 12.4 Å². The molecule has 0 radical (unpaired) electrons. The number of aromatic nitrogens is 3. The van der Waals surface area contributed by atoms with Gasteiger partial charge in [-0.15, -0.1) is 24.0 Å². The summed E-state index contributed by atoms with van der Waals surface area (Å²) < 4.78 is 7.22. The normalized spacial score (nSPS) is 34.4. The summed E-state index contributed by atoms with van der Waals surface area (Å²) in [7, 11) is 1.69. The summed E-state index contributed by atoms with van der Waals surface area (Å²) in [6.07, 6.45) is 10.7. The molecule has 0 spiro atoms. The molecule has 1 aliphatic heterocycles. The number of guanidine groups is 1. The average molecular weight is 528 g/mol. The van der Waals surface area contributed by atoms with Gasteiger partial charge in [0.15, 0.2) is 11.8 Å². The number of methoxy groups -OCH3 is 1. The Hall–Kier alpha value is -0.900. The Morgan fingerprint density at radius 3 is 2.53 bits per heavy atom. The molecule has 4 aliphatic carbocycles. The molecule has 0 saturated heterocycles. The summed E-state index contributed by atoms with van der Waals surface area (Å²) >= 11 is 0. The van der Waals surface area contributed by atoms with E-state index in [0.717, 1.165) is 67.8 Å². The van der Waals surface area contributed by atoms with Gasteiger partial charge in [-0.3, -0.25) is 4.99 Å². The number of hydrogen-bond donors (Lipinski definition) is 2. The predicted octanol–water partition coefficient (Wildman–Crippen LogP) is 3.13. The topological polar surface area (TPSA) is 76.4 Å². The van der Waals surface area contributed by atoms with E-state index in [1.807, 2.05) is 4.68 Å². The van der Waals surface area contributed by atoms with Crippen LogP contribution in [0.1, 0.15) is 63.5 Å². The van der Waals surface area contributed by atoms with E-state index in [4.69, 9.17) is 9.73 Å². The molecule has 2 N–H and O–H groups in total. The van der Waals surface area contributed by atoms with Crippen LogP contribution in [0.5, 0.6) is 0 Å². The number of hydrogen-bond acceptors (Lipinski definition) is 4. The van der Waals surface area contributed by atoms with E-state index in [-0.39, 0.29) is 24.0 Å². The Labute approximate surface area is 197 Å². The van der Waals surface area contributed by atoms with Crippen molar-refractivity contribution in [2.75, 3.05) is 20.2 Å². The van der Waals surface area contributed by atoms with Crippen LogP contribution in [-0.2, 0) is 24.3 Å². The van der Waals surface area contributed by atoms with Crippen LogP contribution in [0.3, 0.4) is 0 Å². The number of aryl methyl sites for hydroxylation is 1. The highest BCUT2D eigenvalue weighted by atomic mass is 127. The Morgan fingerprint density at radius 2 is 1.90 bits per heavy atom. The van der Waals surface area contributed by atoms with Gasteiger partial charge in [0.25, 0.3) is 0 Å². The van der Waals surface area contributed by atoms with Crippen molar-refractivity contribution < 1.29 is 4.74 Å². The van der Waals surface area contributed by atoms with Gasteiger partial charge in [-0.1, -0.05) is 0 Å². The first kappa shape index (κ1) is 22.3. The van der Waals surface area contributed by atoms with Crippen LogP contribution in [0.4, 0.5) is 0 Å². The molecule has 30 heavy (non-hydrogen) atoms. The van der Waals surface area contributed by atoms with Crippen molar-refractivity contribution in [1.82, 2.24) is 25.4 Å². The molecule has 2 heterocycles. The number of aliphatic imine (C=N–C) groups is 1. The fourth-order valence-electron chi connectivity index (χ4n) is 6.91. The van der Waals surface area contributed by atoms with E-state index < -0.39 is 0 Å². The van der Waals surface area contributed by atoms with E-state index in [1.165, 1.54) is 38.5 Å². The maximum Gasteiger partial charge on any atom is 0.191 e. The third-order valence-corrected chi connectivity index (χ3v) is 7.60. The van der Waals surface area contributed by atoms with Gasteiger partial charge >= 0.3 is 0 Å². The molecule has 6 rings (SSSR count). The third kappa shape index (κ3) is 4.64. The summed E-state index contributed by atoms with van der Waals surface area (Å²) in [5, 5.41) is 11.8. The van der Waals surface area contributed by atoms with Crippen molar-refractivity contribution in [3.8, 4) is 0 Å². The Balaban J connectivity index is 0.00000218. The number of nitrogens with zero attached hydrogens (tertiary/aromatic N) is 4. The molecule has 4 fully saturated rings. The first-order chi connectivity index (χ1) is 14.1. The third-order valence-electron chi connectivity index (χ3n) is 7.60. The van der Waals surface area contributed by atoms with Crippen molar-refractivity contribution in [2.24, 2.45) is 28.2 Å². The largest absolute Gasteiger partial charge is 0.377 e. The van der Waals surface area contributed by atoms with Gasteiger partial charge in [-0.25, -0.2) is 9.67 Å². The number of halogens is 1. The van der Waals surface area contributed by atoms with Crippen molar-refractivity contribution in [1.29, 1.82) is 0 Å². The maximum atomic E-state index is 5.18. The zero-order valence-electron chi connectivity index (χ0n) is 18.4. The predicted molar refractivity (Wildman–Crippen MR) is 128 cm³/mol. The molecule has 0 amide bonds. The highest BCUT2D eigenvalue weighted by Crippen LogP contribution is 2.60. The Kier molecular flexibility index (Phi) is 6.91. The molecule has 8 heteroatoms. The fourth-order valence-corrected chi connectivity index (χ4v) is 6.91. The molecule has 1 unspecified atom stereocenters. The first-order valence-corrected chi connectivity index (χ1v) is 11.6. The van der Waals surface area contributed by atoms with E-state index in [0.29, 0.717) is 18.1 Å². The van der Waals surface area contributed by atoms with Crippen molar-refractivity contribution in [3.05, 3.63) is 11.6 Å². The van der Waals surface area contributed by atoms with E-state index in [9.17, 15) is 0 Å². The molecule has 1 aromatic rings. The second-order valence-corrected chi connectivity index (χ2v) is 10.1. The lowest BCUT2D eigenvalue weighted by Gasteiger charge is -2.56. The monoisotopic (exact) mass is 528 g/mol. The number of rotatable bonds is 6. The molecule has 4 bridgehead atoms. The molecular weight excluding hydrogens is 491 g/mol. The SMILES string of the molecule is CCNC(=NCC12CC3CC(CC(C3)C1)C2)NC1CCc2nc(COC)nn2C1.I. The standard InChI is InChI=1S/C22H36N6O.HI/c1-3-23-21(24-14-22-9-15-6-16(10-22)8-17(7-15)11-22)25-18-4-5-20-26-19(13-29-2)27-28(20)12-18;/h15-18H,3-14H2,1-2H3,(H2,23,24,25);1H. The van der Waals surface area contributed by atoms with Crippen molar-refractivity contribution >= 4 is 29.9 Å². The van der Waals surface area contributed by atoms with Crippen LogP contribution in [-0.4, -0.2) is 47.0 Å². The number of nitrogens with one attached hydrogen (secondary N) is 2. The molecule has 7 nitrogen and oxygen atoms in total. The van der Waals surface area contributed by atoms with Crippen LogP contribution in [0, 0.1) is 23.2 Å². The second-order valence-electron chi connectivity index (χ2n) is 10.1. The highest BCUT2D eigenvalue weighted by Gasteiger charge is 2.50. The van der Waals surface area contributed by atoms with Gasteiger partial charge in [-0.05, 0) is 75.0 Å². The molecule has 1 aromatic heterocycles. The molecule has 4 saturated carbocycles. The summed E-state index contributed by atoms with van der Waals surface area (Å²) in [6, 6.07) is 0.341. The fraction of sp³-hybridized carbons (Fsp3) is 0.864. The second kappa shape index (κ2) is 9.30. The summed E-state index contributed by atoms with van der Waals surface area (Å²) in [5.74, 6) is 5.79. The minimum atomic E-state index is 0. The molecule has 5 aliphatic rings. The number of ether oxygens (including phenoxy) is 1. The minimum absolute atomic E-state index is 0. The van der Waals surface area contributed by atoms with Crippen LogP contribution >= 0.6 is 24.0 Å². The minimum Gasteiger partial charge on any atom is -0.377 e. The van der Waals surface area contributed by atoms with E-state index in [2.05, 4.69) is 27.6 Å². The van der Waals surface area contributed by atoms with Gasteiger partial charge in [0.05, 0.1) is 6.54 Å². The van der Waals surface area contributed by atoms with Crippen molar-refractivity contribution in [2.45, 2.75) is 77.5 Å². The lowest BCUT2D eigenvalue weighted by atomic mass is 9.49. The van der Waals surface area contributed by atoms with Crippen LogP contribution in [0.2, 0.25) is 0 Å². The highest BCUT2D eigenvalue weighted by molar-refractivity contribution is 14.0. The van der Waals surface area contributed by atoms with E-state index in [1.54, 1.807) is 7.11 Å². The van der Waals surface area contributed by atoms with Gasteiger partial charge in [-0.2, -0.15) is 5.10 Å². The van der Waals surface area contributed by atoms with Crippen LogP contribution < -0.4 is 10.6 Å². The molecule has 0 aromatic carbocycles. The maximum absolute atomic E-state index is 5.18. The van der Waals surface area contributed by atoms with Gasteiger partial charge < -0.3 is 15.4 Å². The zero-order valence-corrected chi connectivity index (χ0v) is 20.7. The quantitative estimate of drug-likeness (QED) is 0.337. The summed E-state index contributed by atoms with van der Waals surface area (Å²) in [4.78, 5) is 9.70. The van der Waals surface area contributed by atoms with Crippen LogP contribution in [0.15, 0.2) is 4.99 Å². The van der Waals surface area contributed by atoms with Gasteiger partial charge in [0.2, 0.25) is 0 Å². The summed E-state index contributed by atoms with van der Waals surface area (Å²) in [6.45, 7) is 5.35. The van der Waals surface area contributed by atoms with Gasteiger partial charge in [0, 0.05) is 32.7 Å². The summed E-state index contributed by atoms with van der Waals surface area (Å²) in [5.41, 5.74) is 0.484. The smallest absolute Gasteiger partial charge is 0.191 e. The van der Waals surface area contributed by atoms with Crippen LogP contribution in [0.25, 0.3) is 0 Å². The zero-order chi connectivity index (χ0) is 19.8. The Bertz CT molecular complexity index is 728. The molecular formula is C22H37IN6O. The first-order valence-electron chi connectivity index (χ1n) is 11.6. The molecule has 1 atom stereocenters. The average Bonchev–Trinajstić information content (AvgIpc) is 3.07. The lowest BCUT2D eigenvalue weighted by molar-refractivity contribution is -0.0465. The van der Waals surface area contributed by atoms with Crippen molar-refractivity contribution in [3.63, 3.8) is 0 Å².